The molecule has 0 bridgehead atoms. The standard InChI is InChI=1S/C18H20F2N4O3/c19-18(20)27-15-4-2-1-3-12(15)8-16(25)22-9-11-5-6-24-14(7-11)13(10-23-24)17(21)26/h1-4,10-11,18H,5-9H2,(H2,21,26)(H,22,25)/t11-/m1/s1. The number of amides is 2. The molecule has 7 nitrogen and oxygen atoms in total. The van der Waals surface area contributed by atoms with Gasteiger partial charge in [-0.15, -0.1) is 0 Å². The van der Waals surface area contributed by atoms with Gasteiger partial charge in [0.15, 0.2) is 0 Å². The number of nitrogens with one attached hydrogen (secondary N) is 1. The van der Waals surface area contributed by atoms with Gasteiger partial charge in [0.1, 0.15) is 5.75 Å². The van der Waals surface area contributed by atoms with Gasteiger partial charge in [0, 0.05) is 18.7 Å². The average Bonchev–Trinajstić information content (AvgIpc) is 3.04. The second-order valence-electron chi connectivity index (χ2n) is 6.42. The molecule has 2 heterocycles. The van der Waals surface area contributed by atoms with E-state index >= 15 is 0 Å². The predicted octanol–water partition coefficient (Wildman–Crippen LogP) is 1.50. The minimum atomic E-state index is -2.94. The van der Waals surface area contributed by atoms with Gasteiger partial charge in [0.2, 0.25) is 5.91 Å². The number of hydrogen-bond donors (Lipinski definition) is 2. The molecule has 0 radical (unpaired) electrons. The van der Waals surface area contributed by atoms with Gasteiger partial charge >= 0.3 is 6.61 Å². The van der Waals surface area contributed by atoms with Crippen LogP contribution in [-0.4, -0.2) is 34.8 Å². The molecule has 1 atom stereocenters. The van der Waals surface area contributed by atoms with Crippen molar-refractivity contribution in [2.24, 2.45) is 11.7 Å². The highest BCUT2D eigenvalue weighted by molar-refractivity contribution is 5.93. The highest BCUT2D eigenvalue weighted by Crippen LogP contribution is 2.23. The molecule has 2 amide bonds. The molecule has 0 saturated heterocycles. The molecule has 0 unspecified atom stereocenters. The molecule has 1 aliphatic rings. The summed E-state index contributed by atoms with van der Waals surface area (Å²) in [5.74, 6) is -0.662. The van der Waals surface area contributed by atoms with Crippen molar-refractivity contribution in [1.82, 2.24) is 15.1 Å². The number of fused-ring (bicyclic) bond motifs is 1. The van der Waals surface area contributed by atoms with E-state index in [-0.39, 0.29) is 24.0 Å². The lowest BCUT2D eigenvalue weighted by Gasteiger charge is -2.24. The Balaban J connectivity index is 1.56. The van der Waals surface area contributed by atoms with Crippen LogP contribution in [0.4, 0.5) is 8.78 Å². The smallest absolute Gasteiger partial charge is 0.387 e. The van der Waals surface area contributed by atoms with E-state index in [0.717, 1.165) is 12.1 Å². The largest absolute Gasteiger partial charge is 0.435 e. The first-order chi connectivity index (χ1) is 12.9. The van der Waals surface area contributed by atoms with Crippen LogP contribution in [0, 0.1) is 5.92 Å². The number of nitrogens with zero attached hydrogens (tertiary/aromatic N) is 2. The molecule has 1 aliphatic heterocycles. The van der Waals surface area contributed by atoms with Crippen LogP contribution in [-0.2, 0) is 24.2 Å². The zero-order valence-corrected chi connectivity index (χ0v) is 14.5. The van der Waals surface area contributed by atoms with Gasteiger partial charge in [0.05, 0.1) is 23.9 Å². The first-order valence-electron chi connectivity index (χ1n) is 8.58. The number of hydrogen-bond acceptors (Lipinski definition) is 4. The number of carbonyl (C=O) groups is 2. The molecule has 1 aromatic heterocycles. The molecule has 0 spiro atoms. The highest BCUT2D eigenvalue weighted by Gasteiger charge is 2.24. The topological polar surface area (TPSA) is 99.2 Å². The van der Waals surface area contributed by atoms with Crippen molar-refractivity contribution in [3.8, 4) is 5.75 Å². The van der Waals surface area contributed by atoms with Gasteiger partial charge in [-0.2, -0.15) is 13.9 Å². The quantitative estimate of drug-likeness (QED) is 0.763. The summed E-state index contributed by atoms with van der Waals surface area (Å²) < 4.78 is 31.1. The van der Waals surface area contributed by atoms with Crippen molar-refractivity contribution >= 4 is 11.8 Å². The fourth-order valence-electron chi connectivity index (χ4n) is 3.23. The second kappa shape index (κ2) is 8.15. The summed E-state index contributed by atoms with van der Waals surface area (Å²) in [7, 11) is 0. The molecule has 0 fully saturated rings. The lowest BCUT2D eigenvalue weighted by molar-refractivity contribution is -0.120. The number of benzene rings is 1. The summed E-state index contributed by atoms with van der Waals surface area (Å²) in [6.07, 6.45) is 2.81. The number of carbonyl (C=O) groups excluding carboxylic acids is 2. The zero-order valence-electron chi connectivity index (χ0n) is 14.5. The maximum Gasteiger partial charge on any atom is 0.387 e. The molecular formula is C18H20F2N4O3. The lowest BCUT2D eigenvalue weighted by Crippen LogP contribution is -2.34. The molecular weight excluding hydrogens is 358 g/mol. The summed E-state index contributed by atoms with van der Waals surface area (Å²) in [5.41, 5.74) is 6.94. The van der Waals surface area contributed by atoms with Crippen LogP contribution in [0.15, 0.2) is 30.5 Å². The molecule has 0 saturated carbocycles. The van der Waals surface area contributed by atoms with Gasteiger partial charge < -0.3 is 15.8 Å². The van der Waals surface area contributed by atoms with Crippen LogP contribution < -0.4 is 15.8 Å². The summed E-state index contributed by atoms with van der Waals surface area (Å²) >= 11 is 0. The molecule has 27 heavy (non-hydrogen) atoms. The van der Waals surface area contributed by atoms with Crippen molar-refractivity contribution < 1.29 is 23.1 Å². The Bertz CT molecular complexity index is 838. The number of ether oxygens (including phenoxy) is 1. The number of alkyl halides is 2. The Morgan fingerprint density at radius 3 is 2.89 bits per heavy atom. The molecule has 9 heteroatoms. The number of primary amides is 1. The van der Waals surface area contributed by atoms with Crippen LogP contribution in [0.2, 0.25) is 0 Å². The predicted molar refractivity (Wildman–Crippen MR) is 92.3 cm³/mol. The molecule has 0 aliphatic carbocycles. The first kappa shape index (κ1) is 18.8. The number of halogens is 2. The third kappa shape index (κ3) is 4.60. The summed E-state index contributed by atoms with van der Waals surface area (Å²) in [5, 5.41) is 6.98. The van der Waals surface area contributed by atoms with E-state index in [0.29, 0.717) is 30.6 Å². The van der Waals surface area contributed by atoms with Crippen LogP contribution in [0.3, 0.4) is 0 Å². The number of nitrogens with two attached hydrogens (primary N) is 1. The Morgan fingerprint density at radius 1 is 1.37 bits per heavy atom. The van der Waals surface area contributed by atoms with E-state index in [4.69, 9.17) is 5.73 Å². The van der Waals surface area contributed by atoms with Gasteiger partial charge in [-0.1, -0.05) is 18.2 Å². The van der Waals surface area contributed by atoms with E-state index < -0.39 is 12.5 Å². The summed E-state index contributed by atoms with van der Waals surface area (Å²) in [6, 6.07) is 6.22. The van der Waals surface area contributed by atoms with Gasteiger partial charge in [-0.3, -0.25) is 14.3 Å². The van der Waals surface area contributed by atoms with E-state index in [1.54, 1.807) is 22.9 Å². The van der Waals surface area contributed by atoms with E-state index in [1.807, 2.05) is 0 Å². The number of rotatable bonds is 7. The Hall–Kier alpha value is -2.97. The number of para-hydroxylation sites is 1. The number of aromatic nitrogens is 2. The highest BCUT2D eigenvalue weighted by atomic mass is 19.3. The fraction of sp³-hybridized carbons (Fsp3) is 0.389. The van der Waals surface area contributed by atoms with Crippen LogP contribution in [0.5, 0.6) is 5.75 Å². The Labute approximate surface area is 154 Å². The van der Waals surface area contributed by atoms with E-state index in [1.165, 1.54) is 12.3 Å². The third-order valence-electron chi connectivity index (χ3n) is 4.57. The molecule has 144 valence electrons. The normalized spacial score (nSPS) is 16.0. The molecule has 2 aromatic rings. The van der Waals surface area contributed by atoms with E-state index in [2.05, 4.69) is 15.2 Å². The Kier molecular flexibility index (Phi) is 5.68. The first-order valence-corrected chi connectivity index (χ1v) is 8.58. The van der Waals surface area contributed by atoms with Crippen molar-refractivity contribution in [3.63, 3.8) is 0 Å². The third-order valence-corrected chi connectivity index (χ3v) is 4.57. The Morgan fingerprint density at radius 2 is 2.15 bits per heavy atom. The minimum absolute atomic E-state index is 0.00434. The van der Waals surface area contributed by atoms with E-state index in [9.17, 15) is 18.4 Å². The molecule has 3 N–H and O–H groups in total. The second-order valence-corrected chi connectivity index (χ2v) is 6.42. The number of aryl methyl sites for hydroxylation is 1. The maximum absolute atomic E-state index is 12.5. The monoisotopic (exact) mass is 378 g/mol. The minimum Gasteiger partial charge on any atom is -0.435 e. The van der Waals surface area contributed by atoms with Crippen molar-refractivity contribution in [1.29, 1.82) is 0 Å². The van der Waals surface area contributed by atoms with Crippen molar-refractivity contribution in [2.75, 3.05) is 6.54 Å². The van der Waals surface area contributed by atoms with Crippen LogP contribution >= 0.6 is 0 Å². The van der Waals surface area contributed by atoms with Crippen molar-refractivity contribution in [3.05, 3.63) is 47.3 Å². The van der Waals surface area contributed by atoms with Crippen LogP contribution in [0.1, 0.15) is 28.0 Å². The zero-order chi connectivity index (χ0) is 19.4. The molecule has 3 rings (SSSR count). The molecule has 1 aromatic carbocycles. The maximum atomic E-state index is 12.5. The fourth-order valence-corrected chi connectivity index (χ4v) is 3.23. The van der Waals surface area contributed by atoms with Gasteiger partial charge in [-0.05, 0) is 24.8 Å². The SMILES string of the molecule is NC(=O)c1cnn2c1C[C@H](CNC(=O)Cc1ccccc1OC(F)F)CC2. The van der Waals surface area contributed by atoms with Gasteiger partial charge in [0.25, 0.3) is 5.91 Å². The summed E-state index contributed by atoms with van der Waals surface area (Å²) in [4.78, 5) is 23.7. The summed E-state index contributed by atoms with van der Waals surface area (Å²) in [6.45, 7) is -1.88. The van der Waals surface area contributed by atoms with Crippen molar-refractivity contribution in [2.45, 2.75) is 32.4 Å². The van der Waals surface area contributed by atoms with Gasteiger partial charge in [-0.25, -0.2) is 0 Å². The average molecular weight is 378 g/mol. The lowest BCUT2D eigenvalue weighted by atomic mass is 9.94. The van der Waals surface area contributed by atoms with Crippen LogP contribution in [0.25, 0.3) is 0 Å².